The fraction of sp³-hybridized carbons (Fsp3) is 0.615. The van der Waals surface area contributed by atoms with Crippen molar-refractivity contribution in [3.05, 3.63) is 18.0 Å². The third-order valence-electron chi connectivity index (χ3n) is 3.54. The van der Waals surface area contributed by atoms with E-state index in [0.29, 0.717) is 19.4 Å². The first-order valence-corrected chi connectivity index (χ1v) is 6.42. The molecule has 0 aliphatic rings. The lowest BCUT2D eigenvalue weighted by molar-refractivity contribution is -0.152. The Morgan fingerprint density at radius 1 is 1.42 bits per heavy atom. The van der Waals surface area contributed by atoms with Gasteiger partial charge in [-0.05, 0) is 18.9 Å². The number of aryl methyl sites for hydroxylation is 1. The second-order valence-electron chi connectivity index (χ2n) is 4.73. The molecule has 0 atom stereocenters. The molecule has 1 aromatic heterocycles. The number of carboxylic acid groups (broad SMARTS) is 1. The number of rotatable bonds is 7. The van der Waals surface area contributed by atoms with E-state index in [1.807, 2.05) is 6.07 Å². The van der Waals surface area contributed by atoms with Crippen LogP contribution in [-0.4, -0.2) is 26.8 Å². The van der Waals surface area contributed by atoms with Crippen LogP contribution in [0.15, 0.2) is 12.3 Å². The van der Waals surface area contributed by atoms with E-state index >= 15 is 0 Å². The van der Waals surface area contributed by atoms with Gasteiger partial charge in [0.05, 0.1) is 17.7 Å². The minimum atomic E-state index is -0.964. The molecule has 0 spiro atoms. The summed E-state index contributed by atoms with van der Waals surface area (Å²) in [5, 5.41) is 16.1. The molecule has 6 nitrogen and oxygen atoms in total. The first-order valence-electron chi connectivity index (χ1n) is 6.42. The maximum Gasteiger partial charge on any atom is 0.310 e. The average Bonchev–Trinajstić information content (AvgIpc) is 2.79. The van der Waals surface area contributed by atoms with Gasteiger partial charge in [0.25, 0.3) is 0 Å². The summed E-state index contributed by atoms with van der Waals surface area (Å²) >= 11 is 0. The van der Waals surface area contributed by atoms with Crippen molar-refractivity contribution < 1.29 is 14.7 Å². The van der Waals surface area contributed by atoms with Gasteiger partial charge in [0.15, 0.2) is 0 Å². The topological polar surface area (TPSA) is 84.2 Å². The quantitative estimate of drug-likeness (QED) is 0.780. The molecular formula is C13H21N3O3. The minimum Gasteiger partial charge on any atom is -0.481 e. The van der Waals surface area contributed by atoms with Crippen LogP contribution < -0.4 is 5.32 Å². The zero-order chi connectivity index (χ0) is 14.5. The van der Waals surface area contributed by atoms with Crippen molar-refractivity contribution in [1.82, 2.24) is 15.1 Å². The molecule has 0 radical (unpaired) electrons. The highest BCUT2D eigenvalue weighted by molar-refractivity contribution is 5.84. The number of nitrogens with one attached hydrogen (secondary N) is 1. The van der Waals surface area contributed by atoms with E-state index in [4.69, 9.17) is 0 Å². The molecule has 0 aliphatic carbocycles. The number of carbonyl (C=O) groups excluding carboxylic acids is 1. The van der Waals surface area contributed by atoms with Crippen molar-refractivity contribution in [3.8, 4) is 0 Å². The summed E-state index contributed by atoms with van der Waals surface area (Å²) in [6, 6.07) is 1.81. The van der Waals surface area contributed by atoms with E-state index in [-0.39, 0.29) is 12.3 Å². The molecule has 2 N–H and O–H groups in total. The van der Waals surface area contributed by atoms with Gasteiger partial charge in [-0.1, -0.05) is 13.8 Å². The summed E-state index contributed by atoms with van der Waals surface area (Å²) < 4.78 is 1.65. The highest BCUT2D eigenvalue weighted by Gasteiger charge is 2.36. The summed E-state index contributed by atoms with van der Waals surface area (Å²) in [6.07, 6.45) is 2.68. The summed E-state index contributed by atoms with van der Waals surface area (Å²) in [5.41, 5.74) is -0.210. The van der Waals surface area contributed by atoms with Gasteiger partial charge in [-0.25, -0.2) is 0 Å². The van der Waals surface area contributed by atoms with Crippen molar-refractivity contribution >= 4 is 11.9 Å². The molecule has 1 aromatic rings. The fourth-order valence-electron chi connectivity index (χ4n) is 1.99. The number of nitrogens with zero attached hydrogens (tertiary/aromatic N) is 2. The van der Waals surface area contributed by atoms with Gasteiger partial charge in [-0.2, -0.15) is 5.10 Å². The van der Waals surface area contributed by atoms with Gasteiger partial charge in [0.1, 0.15) is 0 Å². The highest BCUT2D eigenvalue weighted by Crippen LogP contribution is 2.30. The highest BCUT2D eigenvalue weighted by atomic mass is 16.4. The van der Waals surface area contributed by atoms with E-state index < -0.39 is 11.4 Å². The largest absolute Gasteiger partial charge is 0.481 e. The van der Waals surface area contributed by atoms with Crippen molar-refractivity contribution in [2.75, 3.05) is 0 Å². The summed E-state index contributed by atoms with van der Waals surface area (Å²) in [4.78, 5) is 23.2. The van der Waals surface area contributed by atoms with Gasteiger partial charge >= 0.3 is 5.97 Å². The first-order chi connectivity index (χ1) is 8.93. The lowest BCUT2D eigenvalue weighted by Gasteiger charge is -2.25. The predicted molar refractivity (Wildman–Crippen MR) is 70.3 cm³/mol. The molecular weight excluding hydrogens is 246 g/mol. The number of aliphatic carboxylic acids is 1. The first kappa shape index (κ1) is 15.2. The van der Waals surface area contributed by atoms with Gasteiger partial charge < -0.3 is 10.4 Å². The van der Waals surface area contributed by atoms with E-state index in [9.17, 15) is 14.7 Å². The summed E-state index contributed by atoms with van der Waals surface area (Å²) in [6.45, 7) is 3.91. The Hall–Kier alpha value is -1.85. The lowest BCUT2D eigenvalue weighted by Crippen LogP contribution is -2.36. The van der Waals surface area contributed by atoms with E-state index in [2.05, 4.69) is 10.4 Å². The van der Waals surface area contributed by atoms with Crippen LogP contribution in [0.5, 0.6) is 0 Å². The van der Waals surface area contributed by atoms with Crippen LogP contribution in [0.4, 0.5) is 0 Å². The number of carbonyl (C=O) groups is 2. The van der Waals surface area contributed by atoms with E-state index in [0.717, 1.165) is 5.69 Å². The zero-order valence-electron chi connectivity index (χ0n) is 11.6. The molecule has 6 heteroatoms. The fourth-order valence-corrected chi connectivity index (χ4v) is 1.99. The zero-order valence-corrected chi connectivity index (χ0v) is 11.6. The maximum absolute atomic E-state index is 11.9. The molecule has 1 amide bonds. The Bertz CT molecular complexity index is 450. The second kappa shape index (κ2) is 6.36. The van der Waals surface area contributed by atoms with Crippen molar-refractivity contribution in [2.24, 2.45) is 12.5 Å². The molecule has 19 heavy (non-hydrogen) atoms. The van der Waals surface area contributed by atoms with Crippen molar-refractivity contribution in [1.29, 1.82) is 0 Å². The van der Waals surface area contributed by atoms with Crippen LogP contribution in [0, 0.1) is 5.41 Å². The molecule has 0 saturated carbocycles. The molecule has 0 fully saturated rings. The van der Waals surface area contributed by atoms with Crippen LogP contribution >= 0.6 is 0 Å². The average molecular weight is 267 g/mol. The Balaban J connectivity index is 2.56. The monoisotopic (exact) mass is 267 g/mol. The number of aromatic nitrogens is 2. The van der Waals surface area contributed by atoms with Crippen molar-refractivity contribution in [3.63, 3.8) is 0 Å². The molecule has 106 valence electrons. The molecule has 0 aliphatic heterocycles. The van der Waals surface area contributed by atoms with E-state index in [1.165, 1.54) is 0 Å². The molecule has 1 heterocycles. The van der Waals surface area contributed by atoms with Crippen molar-refractivity contribution in [2.45, 2.75) is 39.7 Å². The Kier molecular flexibility index (Phi) is 5.09. The molecule has 0 saturated heterocycles. The van der Waals surface area contributed by atoms with Gasteiger partial charge in [-0.3, -0.25) is 14.3 Å². The Labute approximate surface area is 112 Å². The number of amides is 1. The SMILES string of the molecule is CCC(CC)(CC(=O)NCc1ccn(C)n1)C(=O)O. The Morgan fingerprint density at radius 3 is 2.47 bits per heavy atom. The third-order valence-corrected chi connectivity index (χ3v) is 3.54. The molecule has 0 bridgehead atoms. The Morgan fingerprint density at radius 2 is 2.05 bits per heavy atom. The number of carboxylic acids is 1. The lowest BCUT2D eigenvalue weighted by atomic mass is 9.79. The van der Waals surface area contributed by atoms with Crippen LogP contribution in [-0.2, 0) is 23.2 Å². The van der Waals surface area contributed by atoms with Gasteiger partial charge in [0.2, 0.25) is 5.91 Å². The molecule has 0 aromatic carbocycles. The van der Waals surface area contributed by atoms with E-state index in [1.54, 1.807) is 31.8 Å². The molecule has 1 rings (SSSR count). The summed E-state index contributed by atoms with van der Waals surface area (Å²) in [5.74, 6) is -1.16. The minimum absolute atomic E-state index is 0.00215. The predicted octanol–water partition coefficient (Wildman–Crippen LogP) is 1.32. The molecule has 0 unspecified atom stereocenters. The third kappa shape index (κ3) is 3.81. The number of hydrogen-bond donors (Lipinski definition) is 2. The van der Waals surface area contributed by atoms with Crippen LogP contribution in [0.2, 0.25) is 0 Å². The second-order valence-corrected chi connectivity index (χ2v) is 4.73. The maximum atomic E-state index is 11.9. The van der Waals surface area contributed by atoms with Crippen LogP contribution in [0.25, 0.3) is 0 Å². The summed E-state index contributed by atoms with van der Waals surface area (Å²) in [7, 11) is 1.80. The van der Waals surface area contributed by atoms with Crippen LogP contribution in [0.3, 0.4) is 0 Å². The number of hydrogen-bond acceptors (Lipinski definition) is 3. The smallest absolute Gasteiger partial charge is 0.310 e. The van der Waals surface area contributed by atoms with Crippen LogP contribution in [0.1, 0.15) is 38.8 Å². The normalized spacial score (nSPS) is 11.3. The van der Waals surface area contributed by atoms with Gasteiger partial charge in [0, 0.05) is 19.7 Å². The standard InChI is InChI=1S/C13H21N3O3/c1-4-13(5-2,12(18)19)8-11(17)14-9-10-6-7-16(3)15-10/h6-7H,4-5,8-9H2,1-3H3,(H,14,17)(H,18,19). The van der Waals surface area contributed by atoms with Gasteiger partial charge in [-0.15, -0.1) is 0 Å².